The monoisotopic (exact) mass is 188 g/mol. The molecule has 1 nitrogen and oxygen atoms in total. The second-order valence-corrected chi connectivity index (χ2v) is 2.59. The van der Waals surface area contributed by atoms with Crippen LogP contribution in [0.2, 0.25) is 0 Å². The van der Waals surface area contributed by atoms with Crippen LogP contribution in [0, 0.1) is 5.82 Å². The molecule has 66 valence electrons. The van der Waals surface area contributed by atoms with E-state index in [4.69, 9.17) is 16.3 Å². The molecule has 0 saturated heterocycles. The maximum absolute atomic E-state index is 12.7. The number of rotatable bonds is 3. The van der Waals surface area contributed by atoms with Crippen molar-refractivity contribution in [3.8, 4) is 5.75 Å². The van der Waals surface area contributed by atoms with E-state index in [1.165, 1.54) is 12.1 Å². The largest absolute Gasteiger partial charge is 0.494 e. The highest BCUT2D eigenvalue weighted by atomic mass is 35.5. The highest BCUT2D eigenvalue weighted by Gasteiger charge is 2.02. The summed E-state index contributed by atoms with van der Waals surface area (Å²) in [6.07, 6.45) is 0. The first-order chi connectivity index (χ1) is 5.77. The van der Waals surface area contributed by atoms with Gasteiger partial charge in [-0.1, -0.05) is 0 Å². The van der Waals surface area contributed by atoms with Gasteiger partial charge in [0.25, 0.3) is 0 Å². The molecule has 0 heterocycles. The lowest BCUT2D eigenvalue weighted by molar-refractivity contribution is 0.337. The molecule has 1 aromatic carbocycles. The average Bonchev–Trinajstić information content (AvgIpc) is 2.08. The summed E-state index contributed by atoms with van der Waals surface area (Å²) in [6, 6.07) is 4.34. The van der Waals surface area contributed by atoms with Crippen LogP contribution >= 0.6 is 11.6 Å². The molecule has 1 rings (SSSR count). The molecular weight excluding hydrogens is 179 g/mol. The van der Waals surface area contributed by atoms with Gasteiger partial charge < -0.3 is 4.74 Å². The molecule has 0 spiro atoms. The minimum atomic E-state index is -0.283. The summed E-state index contributed by atoms with van der Waals surface area (Å²) in [4.78, 5) is 0. The fourth-order valence-corrected chi connectivity index (χ4v) is 1.16. The van der Waals surface area contributed by atoms with Gasteiger partial charge >= 0.3 is 0 Å². The Hall–Kier alpha value is -0.760. The predicted octanol–water partition coefficient (Wildman–Crippen LogP) is 2.96. The Balaban J connectivity index is 2.94. The van der Waals surface area contributed by atoms with Gasteiger partial charge in [0.15, 0.2) is 0 Å². The smallest absolute Gasteiger partial charge is 0.123 e. The predicted molar refractivity (Wildman–Crippen MR) is 47.1 cm³/mol. The number of ether oxygens (including phenoxy) is 1. The minimum Gasteiger partial charge on any atom is -0.494 e. The van der Waals surface area contributed by atoms with Gasteiger partial charge in [-0.3, -0.25) is 0 Å². The van der Waals surface area contributed by atoms with Crippen molar-refractivity contribution in [2.24, 2.45) is 0 Å². The molecule has 0 radical (unpaired) electrons. The van der Waals surface area contributed by atoms with Gasteiger partial charge in [-0.15, -0.1) is 11.6 Å². The zero-order valence-corrected chi connectivity index (χ0v) is 7.57. The van der Waals surface area contributed by atoms with Crippen LogP contribution < -0.4 is 4.74 Å². The van der Waals surface area contributed by atoms with Crippen molar-refractivity contribution in [2.75, 3.05) is 6.61 Å². The van der Waals surface area contributed by atoms with Crippen LogP contribution in [0.25, 0.3) is 0 Å². The zero-order chi connectivity index (χ0) is 8.97. The SMILES string of the molecule is CCOc1ccc(F)cc1CCl. The quantitative estimate of drug-likeness (QED) is 0.663. The van der Waals surface area contributed by atoms with Crippen molar-refractivity contribution in [3.05, 3.63) is 29.6 Å². The van der Waals surface area contributed by atoms with E-state index >= 15 is 0 Å². The Bertz CT molecular complexity index is 263. The lowest BCUT2D eigenvalue weighted by atomic mass is 10.2. The number of halogens is 2. The Kier molecular flexibility index (Phi) is 3.35. The first-order valence-electron chi connectivity index (χ1n) is 3.75. The fourth-order valence-electron chi connectivity index (χ4n) is 0.949. The number of hydrogen-bond acceptors (Lipinski definition) is 1. The van der Waals surface area contributed by atoms with Crippen LogP contribution in [0.4, 0.5) is 4.39 Å². The fraction of sp³-hybridized carbons (Fsp3) is 0.333. The average molecular weight is 189 g/mol. The molecule has 0 fully saturated rings. The summed E-state index contributed by atoms with van der Waals surface area (Å²) in [6.45, 7) is 2.44. The summed E-state index contributed by atoms with van der Waals surface area (Å²) < 4.78 is 17.9. The maximum Gasteiger partial charge on any atom is 0.123 e. The van der Waals surface area contributed by atoms with Crippen LogP contribution in [0.3, 0.4) is 0 Å². The van der Waals surface area contributed by atoms with Gasteiger partial charge in [-0.05, 0) is 25.1 Å². The van der Waals surface area contributed by atoms with E-state index in [1.54, 1.807) is 6.07 Å². The summed E-state index contributed by atoms with van der Waals surface area (Å²) in [5.74, 6) is 0.649. The molecule has 1 aromatic rings. The lowest BCUT2D eigenvalue weighted by Gasteiger charge is -2.06. The van der Waals surface area contributed by atoms with Crippen molar-refractivity contribution < 1.29 is 9.13 Å². The summed E-state index contributed by atoms with van der Waals surface area (Å²) in [5.41, 5.74) is 0.693. The molecule has 0 saturated carbocycles. The highest BCUT2D eigenvalue weighted by Crippen LogP contribution is 2.21. The molecule has 0 bridgehead atoms. The Morgan fingerprint density at radius 1 is 1.50 bits per heavy atom. The van der Waals surface area contributed by atoms with Gasteiger partial charge in [0.2, 0.25) is 0 Å². The van der Waals surface area contributed by atoms with Crippen molar-refractivity contribution in [1.29, 1.82) is 0 Å². The maximum atomic E-state index is 12.7. The third-order valence-corrected chi connectivity index (χ3v) is 1.75. The first-order valence-corrected chi connectivity index (χ1v) is 4.28. The van der Waals surface area contributed by atoms with E-state index in [1.807, 2.05) is 6.92 Å². The Labute approximate surface area is 76.1 Å². The van der Waals surface area contributed by atoms with Crippen LogP contribution in [-0.2, 0) is 5.88 Å². The molecule has 0 amide bonds. The second kappa shape index (κ2) is 4.31. The molecule has 0 N–H and O–H groups in total. The van der Waals surface area contributed by atoms with Crippen LogP contribution in [0.5, 0.6) is 5.75 Å². The molecule has 0 aliphatic heterocycles. The minimum absolute atomic E-state index is 0.271. The van der Waals surface area contributed by atoms with Crippen molar-refractivity contribution in [2.45, 2.75) is 12.8 Å². The van der Waals surface area contributed by atoms with E-state index in [9.17, 15) is 4.39 Å². The summed E-state index contributed by atoms with van der Waals surface area (Å²) in [7, 11) is 0. The van der Waals surface area contributed by atoms with Crippen LogP contribution in [0.1, 0.15) is 12.5 Å². The van der Waals surface area contributed by atoms with E-state index in [0.717, 1.165) is 0 Å². The van der Waals surface area contributed by atoms with Crippen molar-refractivity contribution in [1.82, 2.24) is 0 Å². The van der Waals surface area contributed by atoms with Gasteiger partial charge in [0, 0.05) is 5.56 Å². The van der Waals surface area contributed by atoms with Crippen molar-refractivity contribution >= 4 is 11.6 Å². The van der Waals surface area contributed by atoms with Gasteiger partial charge in [0.05, 0.1) is 12.5 Å². The first kappa shape index (κ1) is 9.33. The summed E-state index contributed by atoms with van der Waals surface area (Å²) in [5, 5.41) is 0. The molecule has 0 atom stereocenters. The lowest BCUT2D eigenvalue weighted by Crippen LogP contribution is -1.95. The molecule has 0 unspecified atom stereocenters. The Morgan fingerprint density at radius 3 is 2.83 bits per heavy atom. The molecule has 12 heavy (non-hydrogen) atoms. The van der Waals surface area contributed by atoms with Crippen LogP contribution in [-0.4, -0.2) is 6.61 Å². The van der Waals surface area contributed by atoms with E-state index in [2.05, 4.69) is 0 Å². The highest BCUT2D eigenvalue weighted by molar-refractivity contribution is 6.17. The van der Waals surface area contributed by atoms with Crippen molar-refractivity contribution in [3.63, 3.8) is 0 Å². The van der Waals surface area contributed by atoms with Gasteiger partial charge in [0.1, 0.15) is 11.6 Å². The third-order valence-electron chi connectivity index (χ3n) is 1.47. The number of hydrogen-bond donors (Lipinski definition) is 0. The van der Waals surface area contributed by atoms with Crippen LogP contribution in [0.15, 0.2) is 18.2 Å². The Morgan fingerprint density at radius 2 is 2.25 bits per heavy atom. The molecule has 0 aliphatic rings. The molecule has 3 heteroatoms. The van der Waals surface area contributed by atoms with Gasteiger partial charge in [-0.25, -0.2) is 4.39 Å². The molecular formula is C9H10ClFO. The number of alkyl halides is 1. The van der Waals surface area contributed by atoms with Gasteiger partial charge in [-0.2, -0.15) is 0 Å². The van der Waals surface area contributed by atoms with E-state index < -0.39 is 0 Å². The van der Waals surface area contributed by atoms with E-state index in [0.29, 0.717) is 17.9 Å². The van der Waals surface area contributed by atoms with E-state index in [-0.39, 0.29) is 11.7 Å². The topological polar surface area (TPSA) is 9.23 Å². The zero-order valence-electron chi connectivity index (χ0n) is 6.81. The normalized spacial score (nSPS) is 9.92. The molecule has 0 aromatic heterocycles. The standard InChI is InChI=1S/C9H10ClFO/c1-2-12-9-4-3-8(11)5-7(9)6-10/h3-5H,2,6H2,1H3. The molecule has 0 aliphatic carbocycles. The second-order valence-electron chi connectivity index (χ2n) is 2.32. The summed E-state index contributed by atoms with van der Waals surface area (Å²) >= 11 is 5.59. The number of benzene rings is 1. The third kappa shape index (κ3) is 2.11.